The SMILES string of the molecule is CCc1nc(CCO)c(C)o1. The summed E-state index contributed by atoms with van der Waals surface area (Å²) in [5.41, 5.74) is 0.879. The lowest BCUT2D eigenvalue weighted by Gasteiger charge is -1.88. The van der Waals surface area contributed by atoms with Crippen LogP contribution in [0.25, 0.3) is 0 Å². The summed E-state index contributed by atoms with van der Waals surface area (Å²) in [6.45, 7) is 4.00. The molecule has 0 aliphatic heterocycles. The lowest BCUT2D eigenvalue weighted by molar-refractivity contribution is 0.297. The van der Waals surface area contributed by atoms with E-state index in [2.05, 4.69) is 4.98 Å². The standard InChI is InChI=1S/C8H13NO2/c1-3-8-9-7(4-5-10)6(2)11-8/h10H,3-5H2,1-2H3. The zero-order valence-electron chi connectivity index (χ0n) is 6.92. The quantitative estimate of drug-likeness (QED) is 0.710. The molecule has 0 aliphatic rings. The smallest absolute Gasteiger partial charge is 0.194 e. The van der Waals surface area contributed by atoms with Crippen LogP contribution in [0.1, 0.15) is 24.3 Å². The van der Waals surface area contributed by atoms with Crippen LogP contribution in [0.3, 0.4) is 0 Å². The van der Waals surface area contributed by atoms with E-state index in [1.165, 1.54) is 0 Å². The van der Waals surface area contributed by atoms with Crippen LogP contribution in [0.2, 0.25) is 0 Å². The predicted molar refractivity (Wildman–Crippen MR) is 41.4 cm³/mol. The first-order valence-electron chi connectivity index (χ1n) is 3.84. The van der Waals surface area contributed by atoms with Gasteiger partial charge in [-0.05, 0) is 6.92 Å². The van der Waals surface area contributed by atoms with Gasteiger partial charge in [0, 0.05) is 19.4 Å². The molecule has 0 saturated heterocycles. The average Bonchev–Trinajstić information content (AvgIpc) is 2.33. The third-order valence-corrected chi connectivity index (χ3v) is 1.59. The van der Waals surface area contributed by atoms with Gasteiger partial charge < -0.3 is 9.52 Å². The van der Waals surface area contributed by atoms with E-state index in [0.29, 0.717) is 6.42 Å². The van der Waals surface area contributed by atoms with E-state index in [1.807, 2.05) is 13.8 Å². The Balaban J connectivity index is 2.79. The molecule has 3 nitrogen and oxygen atoms in total. The molecule has 0 bridgehead atoms. The van der Waals surface area contributed by atoms with Gasteiger partial charge in [0.05, 0.1) is 5.69 Å². The van der Waals surface area contributed by atoms with Crippen molar-refractivity contribution in [2.45, 2.75) is 26.7 Å². The monoisotopic (exact) mass is 155 g/mol. The van der Waals surface area contributed by atoms with Gasteiger partial charge in [-0.2, -0.15) is 0 Å². The van der Waals surface area contributed by atoms with Gasteiger partial charge in [-0.1, -0.05) is 6.92 Å². The van der Waals surface area contributed by atoms with Crippen molar-refractivity contribution in [3.05, 3.63) is 17.3 Å². The molecular formula is C8H13NO2. The van der Waals surface area contributed by atoms with Crippen LogP contribution in [0.4, 0.5) is 0 Å². The highest BCUT2D eigenvalue weighted by atomic mass is 16.4. The van der Waals surface area contributed by atoms with Crippen molar-refractivity contribution >= 4 is 0 Å². The van der Waals surface area contributed by atoms with Crippen molar-refractivity contribution in [2.75, 3.05) is 6.61 Å². The van der Waals surface area contributed by atoms with Crippen molar-refractivity contribution < 1.29 is 9.52 Å². The normalized spacial score (nSPS) is 10.5. The molecule has 11 heavy (non-hydrogen) atoms. The van der Waals surface area contributed by atoms with E-state index in [1.54, 1.807) is 0 Å². The Bertz CT molecular complexity index is 230. The summed E-state index contributed by atoms with van der Waals surface area (Å²) < 4.78 is 5.29. The molecule has 1 aromatic heterocycles. The second-order valence-corrected chi connectivity index (χ2v) is 2.44. The molecule has 1 aromatic rings. The van der Waals surface area contributed by atoms with Crippen LogP contribution in [0.5, 0.6) is 0 Å². The molecule has 0 aliphatic carbocycles. The maximum absolute atomic E-state index is 8.64. The summed E-state index contributed by atoms with van der Waals surface area (Å²) in [6, 6.07) is 0. The highest BCUT2D eigenvalue weighted by Gasteiger charge is 2.06. The van der Waals surface area contributed by atoms with Crippen LogP contribution in [0.15, 0.2) is 4.42 Å². The summed E-state index contributed by atoms with van der Waals surface area (Å²) in [5, 5.41) is 8.64. The molecule has 0 spiro atoms. The zero-order chi connectivity index (χ0) is 8.27. The minimum Gasteiger partial charge on any atom is -0.446 e. The van der Waals surface area contributed by atoms with Gasteiger partial charge in [0.2, 0.25) is 0 Å². The average molecular weight is 155 g/mol. The van der Waals surface area contributed by atoms with Gasteiger partial charge in [0.25, 0.3) is 0 Å². The maximum Gasteiger partial charge on any atom is 0.194 e. The van der Waals surface area contributed by atoms with E-state index >= 15 is 0 Å². The van der Waals surface area contributed by atoms with Crippen LogP contribution in [0, 0.1) is 6.92 Å². The summed E-state index contributed by atoms with van der Waals surface area (Å²) in [6.07, 6.45) is 1.40. The van der Waals surface area contributed by atoms with Crippen molar-refractivity contribution in [3.8, 4) is 0 Å². The molecule has 0 fully saturated rings. The molecule has 1 N–H and O–H groups in total. The van der Waals surface area contributed by atoms with Crippen LogP contribution in [-0.4, -0.2) is 16.7 Å². The fourth-order valence-electron chi connectivity index (χ4n) is 0.977. The van der Waals surface area contributed by atoms with Crippen LogP contribution in [-0.2, 0) is 12.8 Å². The molecule has 0 saturated carbocycles. The Morgan fingerprint density at radius 1 is 1.55 bits per heavy atom. The van der Waals surface area contributed by atoms with Gasteiger partial charge >= 0.3 is 0 Å². The first-order chi connectivity index (χ1) is 5.27. The molecule has 0 unspecified atom stereocenters. The Morgan fingerprint density at radius 2 is 2.27 bits per heavy atom. The lowest BCUT2D eigenvalue weighted by atomic mass is 10.3. The van der Waals surface area contributed by atoms with Crippen LogP contribution >= 0.6 is 0 Å². The number of aliphatic hydroxyl groups excluding tert-OH is 1. The van der Waals surface area contributed by atoms with Gasteiger partial charge in [0.15, 0.2) is 5.89 Å². The first-order valence-corrected chi connectivity index (χ1v) is 3.84. The largest absolute Gasteiger partial charge is 0.446 e. The van der Waals surface area contributed by atoms with Crippen LogP contribution < -0.4 is 0 Å². The molecule has 3 heteroatoms. The summed E-state index contributed by atoms with van der Waals surface area (Å²) in [5.74, 6) is 1.59. The van der Waals surface area contributed by atoms with E-state index in [-0.39, 0.29) is 6.61 Å². The fourth-order valence-corrected chi connectivity index (χ4v) is 0.977. The fraction of sp³-hybridized carbons (Fsp3) is 0.625. The summed E-state index contributed by atoms with van der Waals surface area (Å²) in [7, 11) is 0. The second-order valence-electron chi connectivity index (χ2n) is 2.44. The van der Waals surface area contributed by atoms with Crippen molar-refractivity contribution in [1.29, 1.82) is 0 Å². The molecule has 62 valence electrons. The number of aryl methyl sites for hydroxylation is 2. The molecule has 1 rings (SSSR count). The minimum atomic E-state index is 0.135. The van der Waals surface area contributed by atoms with E-state index in [0.717, 1.165) is 23.8 Å². The second kappa shape index (κ2) is 3.53. The van der Waals surface area contributed by atoms with Gasteiger partial charge in [-0.3, -0.25) is 0 Å². The molecular weight excluding hydrogens is 142 g/mol. The number of nitrogens with zero attached hydrogens (tertiary/aromatic N) is 1. The molecule has 1 heterocycles. The lowest BCUT2D eigenvalue weighted by Crippen LogP contribution is -1.92. The molecule has 0 radical (unpaired) electrons. The Kier molecular flexibility index (Phi) is 2.65. The summed E-state index contributed by atoms with van der Waals surface area (Å²) >= 11 is 0. The number of hydrogen-bond acceptors (Lipinski definition) is 3. The number of hydrogen-bond donors (Lipinski definition) is 1. The third-order valence-electron chi connectivity index (χ3n) is 1.59. The third kappa shape index (κ3) is 1.80. The Labute approximate surface area is 66.1 Å². The Hall–Kier alpha value is -0.830. The highest BCUT2D eigenvalue weighted by Crippen LogP contribution is 2.10. The number of rotatable bonds is 3. The van der Waals surface area contributed by atoms with Crippen molar-refractivity contribution in [2.24, 2.45) is 0 Å². The van der Waals surface area contributed by atoms with Crippen molar-refractivity contribution in [3.63, 3.8) is 0 Å². The number of aliphatic hydroxyl groups is 1. The topological polar surface area (TPSA) is 46.3 Å². The van der Waals surface area contributed by atoms with E-state index in [4.69, 9.17) is 9.52 Å². The number of oxazole rings is 1. The number of aromatic nitrogens is 1. The van der Waals surface area contributed by atoms with E-state index in [9.17, 15) is 0 Å². The predicted octanol–water partition coefficient (Wildman–Crippen LogP) is 1.08. The zero-order valence-corrected chi connectivity index (χ0v) is 6.92. The van der Waals surface area contributed by atoms with Gasteiger partial charge in [0.1, 0.15) is 5.76 Å². The highest BCUT2D eigenvalue weighted by molar-refractivity contribution is 5.08. The first kappa shape index (κ1) is 8.27. The minimum absolute atomic E-state index is 0.135. The Morgan fingerprint density at radius 3 is 2.73 bits per heavy atom. The van der Waals surface area contributed by atoms with E-state index < -0.39 is 0 Å². The molecule has 0 atom stereocenters. The van der Waals surface area contributed by atoms with Gasteiger partial charge in [-0.25, -0.2) is 4.98 Å². The molecule has 0 aromatic carbocycles. The summed E-state index contributed by atoms with van der Waals surface area (Å²) in [4.78, 5) is 4.19. The molecule has 0 amide bonds. The maximum atomic E-state index is 8.64. The van der Waals surface area contributed by atoms with Gasteiger partial charge in [-0.15, -0.1) is 0 Å². The van der Waals surface area contributed by atoms with Crippen molar-refractivity contribution in [1.82, 2.24) is 4.98 Å².